The molecule has 0 atom stereocenters. The second-order valence-corrected chi connectivity index (χ2v) is 4.26. The average Bonchev–Trinajstić information content (AvgIpc) is 2.64. The quantitative estimate of drug-likeness (QED) is 0.575. The lowest BCUT2D eigenvalue weighted by Crippen LogP contribution is -2.43. The second-order valence-electron chi connectivity index (χ2n) is 3.50. The molecule has 1 heterocycles. The predicted octanol–water partition coefficient (Wildman–Crippen LogP) is 1.39. The molecule has 1 aromatic heterocycles. The van der Waals surface area contributed by atoms with E-state index >= 15 is 0 Å². The number of hydrogen-bond acceptors (Lipinski definition) is 6. The summed E-state index contributed by atoms with van der Waals surface area (Å²) in [4.78, 5) is 11.7. The fraction of sp³-hybridized carbons (Fsp3) is 0.667. The monoisotopic (exact) mass is 228 g/mol. The zero-order chi connectivity index (χ0) is 10.9. The Labute approximate surface area is 91.6 Å². The van der Waals surface area contributed by atoms with E-state index in [0.29, 0.717) is 11.1 Å². The van der Waals surface area contributed by atoms with Crippen LogP contribution in [0.3, 0.4) is 0 Å². The fourth-order valence-corrected chi connectivity index (χ4v) is 2.00. The third kappa shape index (κ3) is 1.52. The Bertz CT molecular complexity index is 373. The summed E-state index contributed by atoms with van der Waals surface area (Å²) in [7, 11) is 1.38. The number of methoxy groups -OCH3 is 1. The van der Waals surface area contributed by atoms with Gasteiger partial charge in [0.15, 0.2) is 0 Å². The maximum atomic E-state index is 11.7. The summed E-state index contributed by atoms with van der Waals surface area (Å²) in [5, 5.41) is 8.24. The van der Waals surface area contributed by atoms with Crippen molar-refractivity contribution in [3.8, 4) is 0 Å². The number of ether oxygens (including phenoxy) is 1. The van der Waals surface area contributed by atoms with Crippen LogP contribution in [0.4, 0.5) is 0 Å². The van der Waals surface area contributed by atoms with Gasteiger partial charge in [-0.25, -0.2) is 0 Å². The van der Waals surface area contributed by atoms with Crippen molar-refractivity contribution in [1.29, 1.82) is 0 Å². The number of carbonyl (C=O) groups excluding carboxylic acids is 1. The van der Waals surface area contributed by atoms with Crippen LogP contribution in [0.15, 0.2) is 9.64 Å². The topological polar surface area (TPSA) is 65.2 Å². The molecule has 0 aromatic carbocycles. The number of nitrogens with zero attached hydrogens (tertiary/aromatic N) is 2. The average molecular weight is 228 g/mol. The van der Waals surface area contributed by atoms with Gasteiger partial charge in [0, 0.05) is 0 Å². The Balaban J connectivity index is 2.29. The molecule has 0 unspecified atom stereocenters. The van der Waals surface area contributed by atoms with Crippen LogP contribution in [0.5, 0.6) is 0 Å². The SMILES string of the molecule is COC(=O)C1(c2nnc(SC)o2)CCC1. The van der Waals surface area contributed by atoms with Crippen LogP contribution in [0, 0.1) is 0 Å². The molecule has 6 heteroatoms. The summed E-state index contributed by atoms with van der Waals surface area (Å²) >= 11 is 1.37. The first-order valence-electron chi connectivity index (χ1n) is 4.69. The molecule has 1 aromatic rings. The van der Waals surface area contributed by atoms with Gasteiger partial charge in [-0.2, -0.15) is 0 Å². The van der Waals surface area contributed by atoms with E-state index in [1.165, 1.54) is 18.9 Å². The van der Waals surface area contributed by atoms with E-state index in [2.05, 4.69) is 10.2 Å². The number of rotatable bonds is 3. The van der Waals surface area contributed by atoms with Gasteiger partial charge in [0.2, 0.25) is 5.89 Å². The predicted molar refractivity (Wildman–Crippen MR) is 53.6 cm³/mol. The van der Waals surface area contributed by atoms with E-state index in [0.717, 1.165) is 19.3 Å². The molecular weight excluding hydrogens is 216 g/mol. The summed E-state index contributed by atoms with van der Waals surface area (Å²) in [6.45, 7) is 0. The van der Waals surface area contributed by atoms with E-state index in [1.807, 2.05) is 6.26 Å². The molecule has 82 valence electrons. The van der Waals surface area contributed by atoms with Crippen LogP contribution in [-0.4, -0.2) is 29.5 Å². The molecular formula is C9H12N2O3S. The summed E-state index contributed by atoms with van der Waals surface area (Å²) in [5.74, 6) is 0.120. The minimum absolute atomic E-state index is 0.273. The largest absolute Gasteiger partial charge is 0.468 e. The molecule has 0 radical (unpaired) electrons. The number of thioether (sulfide) groups is 1. The van der Waals surface area contributed by atoms with Crippen LogP contribution in [0.1, 0.15) is 25.2 Å². The highest BCUT2D eigenvalue weighted by Gasteiger charge is 2.51. The van der Waals surface area contributed by atoms with E-state index in [1.54, 1.807) is 0 Å². The molecule has 0 amide bonds. The zero-order valence-corrected chi connectivity index (χ0v) is 9.47. The van der Waals surface area contributed by atoms with Crippen LogP contribution < -0.4 is 0 Å². The first kappa shape index (κ1) is 10.5. The fourth-order valence-electron chi connectivity index (χ4n) is 1.72. The van der Waals surface area contributed by atoms with E-state index < -0.39 is 5.41 Å². The summed E-state index contributed by atoms with van der Waals surface area (Å²) < 4.78 is 10.2. The molecule has 2 rings (SSSR count). The van der Waals surface area contributed by atoms with E-state index in [4.69, 9.17) is 9.15 Å². The molecule has 15 heavy (non-hydrogen) atoms. The van der Waals surface area contributed by atoms with Gasteiger partial charge in [0.25, 0.3) is 5.22 Å². The maximum absolute atomic E-state index is 11.7. The lowest BCUT2D eigenvalue weighted by atomic mass is 9.68. The van der Waals surface area contributed by atoms with Gasteiger partial charge in [0.05, 0.1) is 7.11 Å². The van der Waals surface area contributed by atoms with Gasteiger partial charge in [-0.3, -0.25) is 4.79 Å². The van der Waals surface area contributed by atoms with Gasteiger partial charge in [-0.1, -0.05) is 18.2 Å². The molecule has 0 bridgehead atoms. The van der Waals surface area contributed by atoms with Crippen molar-refractivity contribution in [2.75, 3.05) is 13.4 Å². The van der Waals surface area contributed by atoms with Crippen LogP contribution in [0.25, 0.3) is 0 Å². The van der Waals surface area contributed by atoms with Crippen molar-refractivity contribution in [3.05, 3.63) is 5.89 Å². The highest BCUT2D eigenvalue weighted by molar-refractivity contribution is 7.98. The number of hydrogen-bond donors (Lipinski definition) is 0. The standard InChI is InChI=1S/C9H12N2O3S/c1-13-7(12)9(4-3-5-9)6-10-11-8(14-6)15-2/h3-5H2,1-2H3. The molecule has 0 N–H and O–H groups in total. The van der Waals surface area contributed by atoms with Crippen LogP contribution >= 0.6 is 11.8 Å². The summed E-state index contributed by atoms with van der Waals surface area (Å²) in [6.07, 6.45) is 4.31. The van der Waals surface area contributed by atoms with Gasteiger partial charge < -0.3 is 9.15 Å². The molecule has 0 saturated heterocycles. The molecule has 1 fully saturated rings. The molecule has 0 spiro atoms. The maximum Gasteiger partial charge on any atom is 0.321 e. The first-order valence-corrected chi connectivity index (χ1v) is 5.92. The smallest absolute Gasteiger partial charge is 0.321 e. The van der Waals surface area contributed by atoms with E-state index in [9.17, 15) is 4.79 Å². The normalized spacial score (nSPS) is 18.3. The van der Waals surface area contributed by atoms with Crippen LogP contribution in [0.2, 0.25) is 0 Å². The van der Waals surface area contributed by atoms with Gasteiger partial charge in [0.1, 0.15) is 5.41 Å². The minimum atomic E-state index is -0.671. The second kappa shape index (κ2) is 3.84. The Kier molecular flexibility index (Phi) is 2.68. The summed E-state index contributed by atoms with van der Waals surface area (Å²) in [5.41, 5.74) is -0.671. The van der Waals surface area contributed by atoms with Crippen molar-refractivity contribution < 1.29 is 13.9 Å². The first-order chi connectivity index (χ1) is 7.23. The third-order valence-electron chi connectivity index (χ3n) is 2.77. The Hall–Kier alpha value is -1.04. The Morgan fingerprint density at radius 3 is 2.67 bits per heavy atom. The van der Waals surface area contributed by atoms with Gasteiger partial charge in [-0.15, -0.1) is 10.2 Å². The van der Waals surface area contributed by atoms with Crippen molar-refractivity contribution in [2.24, 2.45) is 0 Å². The van der Waals surface area contributed by atoms with Crippen molar-refractivity contribution in [3.63, 3.8) is 0 Å². The highest BCUT2D eigenvalue weighted by Crippen LogP contribution is 2.44. The zero-order valence-electron chi connectivity index (χ0n) is 8.65. The number of aromatic nitrogens is 2. The Morgan fingerprint density at radius 2 is 2.27 bits per heavy atom. The van der Waals surface area contributed by atoms with Crippen LogP contribution in [-0.2, 0) is 14.9 Å². The van der Waals surface area contributed by atoms with Crippen molar-refractivity contribution in [1.82, 2.24) is 10.2 Å². The molecule has 1 saturated carbocycles. The number of carbonyl (C=O) groups is 1. The molecule has 0 aliphatic heterocycles. The highest BCUT2D eigenvalue weighted by atomic mass is 32.2. The Morgan fingerprint density at radius 1 is 1.53 bits per heavy atom. The summed E-state index contributed by atoms with van der Waals surface area (Å²) in [6, 6.07) is 0. The minimum Gasteiger partial charge on any atom is -0.468 e. The third-order valence-corrected chi connectivity index (χ3v) is 3.29. The van der Waals surface area contributed by atoms with Crippen molar-refractivity contribution >= 4 is 17.7 Å². The molecule has 1 aliphatic carbocycles. The van der Waals surface area contributed by atoms with E-state index in [-0.39, 0.29) is 5.97 Å². The van der Waals surface area contributed by atoms with Gasteiger partial charge >= 0.3 is 5.97 Å². The lowest BCUT2D eigenvalue weighted by molar-refractivity contribution is -0.152. The van der Waals surface area contributed by atoms with Gasteiger partial charge in [-0.05, 0) is 19.1 Å². The number of esters is 1. The molecule has 5 nitrogen and oxygen atoms in total. The van der Waals surface area contributed by atoms with Crippen molar-refractivity contribution in [2.45, 2.75) is 29.9 Å². The molecule has 1 aliphatic rings. The lowest BCUT2D eigenvalue weighted by Gasteiger charge is -2.35.